The first-order valence-electron chi connectivity index (χ1n) is 22.4. The molecule has 0 spiro atoms. The number of aryl methyl sites for hydroxylation is 2. The van der Waals surface area contributed by atoms with E-state index in [1.807, 2.05) is 13.0 Å². The highest BCUT2D eigenvalue weighted by atomic mass is 32.1. The monoisotopic (exact) mass is 842 g/mol. The van der Waals surface area contributed by atoms with Gasteiger partial charge in [-0.1, -0.05) is 56.7 Å². The summed E-state index contributed by atoms with van der Waals surface area (Å²) in [6, 6.07) is 22.9. The third-order valence-corrected chi connectivity index (χ3v) is 14.2. The van der Waals surface area contributed by atoms with Gasteiger partial charge < -0.3 is 26.0 Å². The predicted octanol–water partition coefficient (Wildman–Crippen LogP) is 7.57. The summed E-state index contributed by atoms with van der Waals surface area (Å²) in [6.07, 6.45) is 11.0. The average Bonchev–Trinajstić information content (AvgIpc) is 3.72. The van der Waals surface area contributed by atoms with Crippen LogP contribution in [0.25, 0.3) is 43.3 Å². The summed E-state index contributed by atoms with van der Waals surface area (Å²) in [6.45, 7) is 8.11. The van der Waals surface area contributed by atoms with Crippen molar-refractivity contribution in [3.05, 3.63) is 87.7 Å². The van der Waals surface area contributed by atoms with Crippen molar-refractivity contribution in [1.29, 1.82) is 0 Å². The smallest absolute Gasteiger partial charge is 0.329 e. The summed E-state index contributed by atoms with van der Waals surface area (Å²) in [7, 11) is 1.77. The molecule has 3 aliphatic heterocycles. The van der Waals surface area contributed by atoms with Crippen molar-refractivity contribution in [2.24, 2.45) is 7.05 Å². The van der Waals surface area contributed by atoms with E-state index in [0.717, 1.165) is 92.9 Å². The number of imidazole rings is 1. The molecular formula is C48H58N8O4S. The van der Waals surface area contributed by atoms with E-state index in [0.29, 0.717) is 19.4 Å². The number of thiophene rings is 1. The number of nitrogens with zero attached hydrogens (tertiary/aromatic N) is 5. The maximum Gasteiger partial charge on any atom is 0.329 e. The average molecular weight is 843 g/mol. The number of anilines is 2. The van der Waals surface area contributed by atoms with Crippen molar-refractivity contribution >= 4 is 66.5 Å². The summed E-state index contributed by atoms with van der Waals surface area (Å²) in [4.78, 5) is 49.5. The zero-order chi connectivity index (χ0) is 42.0. The first-order valence-corrected chi connectivity index (χ1v) is 23.2. The standard InChI is InChI=1S/C48H58N8O4S/c1-31-30-49-44-43-35-16-17-36(51-37(35)18-21-41(43)61-45(44)47(59)50-31)33-13-11-14-34(29-33)55-26-24-54(25-27-55)23-10-8-6-4-3-5-7-9-12-32-15-19-38-40(28-32)53(2)48(60)56(38)39-20-22-42(57)52-46(39)58/h11,13-19,21,28-29,31,39,42,49,57H,3-10,12,20,22-27,30H2,1-2H3,(H,50,59)(H,52,58)/t31-,39?,42?/m1/s1. The minimum atomic E-state index is -0.841. The molecule has 320 valence electrons. The summed E-state index contributed by atoms with van der Waals surface area (Å²) in [5, 5.41) is 21.1. The van der Waals surface area contributed by atoms with E-state index in [9.17, 15) is 19.5 Å². The number of carbonyl (C=O) groups is 2. The molecular weight excluding hydrogens is 785 g/mol. The molecule has 2 unspecified atom stereocenters. The second-order valence-corrected chi connectivity index (χ2v) is 18.4. The normalized spacial score (nSPS) is 19.9. The number of aliphatic hydroxyl groups is 1. The lowest BCUT2D eigenvalue weighted by Gasteiger charge is -2.36. The predicted molar refractivity (Wildman–Crippen MR) is 247 cm³/mol. The van der Waals surface area contributed by atoms with Crippen LogP contribution in [0.4, 0.5) is 11.4 Å². The Balaban J connectivity index is 0.684. The van der Waals surface area contributed by atoms with Crippen LogP contribution in [0.5, 0.6) is 0 Å². The fourth-order valence-corrected chi connectivity index (χ4v) is 10.7. The Hall–Kier alpha value is -5.24. The molecule has 3 aromatic heterocycles. The number of fused-ring (bicyclic) bond motifs is 6. The van der Waals surface area contributed by atoms with E-state index < -0.39 is 12.3 Å². The van der Waals surface area contributed by atoms with Gasteiger partial charge >= 0.3 is 5.69 Å². The number of aliphatic hydroxyl groups excluding tert-OH is 1. The van der Waals surface area contributed by atoms with Crippen molar-refractivity contribution in [1.82, 2.24) is 29.7 Å². The Labute approximate surface area is 360 Å². The van der Waals surface area contributed by atoms with Gasteiger partial charge in [0.25, 0.3) is 5.91 Å². The topological polar surface area (TPSA) is 137 Å². The van der Waals surface area contributed by atoms with Crippen LogP contribution in [0.2, 0.25) is 0 Å². The number of nitrogens with one attached hydrogen (secondary N) is 3. The molecule has 0 saturated carbocycles. The molecule has 12 nitrogen and oxygen atoms in total. The lowest BCUT2D eigenvalue weighted by Crippen LogP contribution is -2.46. The summed E-state index contributed by atoms with van der Waals surface area (Å²) < 4.78 is 4.32. The molecule has 2 saturated heterocycles. The number of carbonyl (C=O) groups excluding carboxylic acids is 2. The quantitative estimate of drug-likeness (QED) is 0.0826. The van der Waals surface area contributed by atoms with Crippen LogP contribution in [-0.2, 0) is 18.3 Å². The van der Waals surface area contributed by atoms with Crippen LogP contribution in [0.3, 0.4) is 0 Å². The van der Waals surface area contributed by atoms with E-state index in [-0.39, 0.29) is 23.5 Å². The molecule has 3 aliphatic rings. The Morgan fingerprint density at radius 2 is 1.61 bits per heavy atom. The zero-order valence-electron chi connectivity index (χ0n) is 35.4. The molecule has 13 heteroatoms. The van der Waals surface area contributed by atoms with Crippen LogP contribution in [0.1, 0.15) is 92.4 Å². The Morgan fingerprint density at radius 3 is 2.41 bits per heavy atom. The Kier molecular flexibility index (Phi) is 12.1. The number of unbranched alkanes of at least 4 members (excludes halogenated alkanes) is 7. The molecule has 2 amide bonds. The number of hydrogen-bond acceptors (Lipinski definition) is 9. The van der Waals surface area contributed by atoms with Crippen molar-refractivity contribution in [2.45, 2.75) is 95.9 Å². The highest BCUT2D eigenvalue weighted by molar-refractivity contribution is 7.21. The molecule has 0 bridgehead atoms. The molecule has 6 aromatic rings. The number of hydrogen-bond donors (Lipinski definition) is 4. The van der Waals surface area contributed by atoms with Crippen LogP contribution in [0, 0.1) is 0 Å². The largest absolute Gasteiger partial charge is 0.381 e. The second kappa shape index (κ2) is 18.0. The minimum Gasteiger partial charge on any atom is -0.381 e. The fraction of sp³-hybridized carbons (Fsp3) is 0.458. The van der Waals surface area contributed by atoms with Gasteiger partial charge in [0.1, 0.15) is 17.1 Å². The number of aromatic nitrogens is 3. The highest BCUT2D eigenvalue weighted by Crippen LogP contribution is 2.41. The molecule has 0 aliphatic carbocycles. The Bertz CT molecular complexity index is 2620. The summed E-state index contributed by atoms with van der Waals surface area (Å²) in [5.74, 6) is -0.310. The molecule has 6 heterocycles. The van der Waals surface area contributed by atoms with E-state index in [1.54, 1.807) is 27.5 Å². The molecule has 61 heavy (non-hydrogen) atoms. The van der Waals surface area contributed by atoms with Gasteiger partial charge in [0.15, 0.2) is 0 Å². The summed E-state index contributed by atoms with van der Waals surface area (Å²) >= 11 is 1.54. The third kappa shape index (κ3) is 8.65. The van der Waals surface area contributed by atoms with Crippen LogP contribution < -0.4 is 26.5 Å². The van der Waals surface area contributed by atoms with Gasteiger partial charge in [0, 0.05) is 72.5 Å². The summed E-state index contributed by atoms with van der Waals surface area (Å²) in [5.41, 5.74) is 7.84. The van der Waals surface area contributed by atoms with Gasteiger partial charge in [-0.25, -0.2) is 9.78 Å². The van der Waals surface area contributed by atoms with Crippen molar-refractivity contribution in [3.63, 3.8) is 0 Å². The maximum atomic E-state index is 13.1. The van der Waals surface area contributed by atoms with Crippen molar-refractivity contribution < 1.29 is 14.7 Å². The molecule has 9 rings (SSSR count). The molecule has 2 fully saturated rings. The zero-order valence-corrected chi connectivity index (χ0v) is 36.2. The molecule has 0 radical (unpaired) electrons. The number of pyridine rings is 1. The van der Waals surface area contributed by atoms with E-state index in [2.05, 4.69) is 86.4 Å². The molecule has 3 aromatic carbocycles. The number of rotatable bonds is 14. The van der Waals surface area contributed by atoms with Gasteiger partial charge in [-0.15, -0.1) is 11.3 Å². The van der Waals surface area contributed by atoms with E-state index in [1.165, 1.54) is 62.7 Å². The van der Waals surface area contributed by atoms with Gasteiger partial charge in [-0.2, -0.15) is 0 Å². The lowest BCUT2D eigenvalue weighted by atomic mass is 10.0. The van der Waals surface area contributed by atoms with Gasteiger partial charge in [0.2, 0.25) is 5.91 Å². The lowest BCUT2D eigenvalue weighted by molar-refractivity contribution is -0.130. The van der Waals surface area contributed by atoms with E-state index in [4.69, 9.17) is 4.98 Å². The molecule has 3 atom stereocenters. The van der Waals surface area contributed by atoms with Crippen molar-refractivity contribution in [3.8, 4) is 11.3 Å². The van der Waals surface area contributed by atoms with E-state index >= 15 is 0 Å². The number of benzene rings is 3. The van der Waals surface area contributed by atoms with Crippen molar-refractivity contribution in [2.75, 3.05) is 49.5 Å². The van der Waals surface area contributed by atoms with Crippen LogP contribution in [0.15, 0.2) is 71.5 Å². The highest BCUT2D eigenvalue weighted by Gasteiger charge is 2.31. The fourth-order valence-electron chi connectivity index (χ4n) is 9.59. The minimum absolute atomic E-state index is 0.00877. The van der Waals surface area contributed by atoms with Gasteiger partial charge in [-0.3, -0.25) is 23.6 Å². The Morgan fingerprint density at radius 1 is 0.820 bits per heavy atom. The number of piperazine rings is 1. The number of amides is 2. The number of piperidine rings is 1. The van der Waals surface area contributed by atoms with Gasteiger partial charge in [0.05, 0.1) is 27.9 Å². The first-order chi connectivity index (χ1) is 29.7. The SMILES string of the molecule is C[C@@H]1CNc2c(sc3ccc4nc(-c5cccc(N6CCN(CCCCCCCCCCc7ccc8c(c7)n(C)c(=O)n8C7CCC(O)NC7=O)CC6)c5)ccc4c23)C(=O)N1. The second-order valence-electron chi connectivity index (χ2n) is 17.4. The maximum absolute atomic E-state index is 13.1. The third-order valence-electron chi connectivity index (χ3n) is 13.1. The van der Waals surface area contributed by atoms with Crippen LogP contribution >= 0.6 is 11.3 Å². The van der Waals surface area contributed by atoms with Crippen LogP contribution in [-0.4, -0.2) is 87.5 Å². The van der Waals surface area contributed by atoms with Gasteiger partial charge in [-0.05, 0) is 99.7 Å². The molecule has 4 N–H and O–H groups in total. The first kappa shape index (κ1) is 41.1.